The summed E-state index contributed by atoms with van der Waals surface area (Å²) < 4.78 is 0. The number of carboxylic acid groups (broad SMARTS) is 1. The van der Waals surface area contributed by atoms with Gasteiger partial charge in [-0.05, 0) is 25.0 Å². The van der Waals surface area contributed by atoms with E-state index in [0.717, 1.165) is 18.6 Å². The van der Waals surface area contributed by atoms with E-state index >= 15 is 0 Å². The molecule has 1 rings (SSSR count). The third kappa shape index (κ3) is 2.59. The Morgan fingerprint density at radius 3 is 2.59 bits per heavy atom. The summed E-state index contributed by atoms with van der Waals surface area (Å²) in [6.07, 6.45) is 2.21. The van der Waals surface area contributed by atoms with Gasteiger partial charge in [0.1, 0.15) is 0 Å². The lowest BCUT2D eigenvalue weighted by atomic mass is 9.87. The standard InChI is InChI=1S/C12H21NO3S/c1-4-7-13(10(3)14)12(11(15)16)6-5-8-17-9(12)2/h9H,4-8H2,1-3H3,(H,15,16). The number of carbonyl (C=O) groups is 2. The van der Waals surface area contributed by atoms with E-state index in [1.165, 1.54) is 6.92 Å². The van der Waals surface area contributed by atoms with Crippen LogP contribution < -0.4 is 0 Å². The zero-order valence-corrected chi connectivity index (χ0v) is 11.5. The molecule has 0 aromatic carbocycles. The number of thioether (sulfide) groups is 1. The second-order valence-electron chi connectivity index (χ2n) is 4.52. The normalized spacial score (nSPS) is 28.8. The number of carboxylic acids is 1. The fourth-order valence-corrected chi connectivity index (χ4v) is 3.84. The Hall–Kier alpha value is -0.710. The molecule has 2 unspecified atom stereocenters. The second-order valence-corrected chi connectivity index (χ2v) is 5.97. The lowest BCUT2D eigenvalue weighted by molar-refractivity contribution is -0.159. The first kappa shape index (κ1) is 14.4. The molecule has 1 fully saturated rings. The first-order valence-electron chi connectivity index (χ1n) is 6.10. The average molecular weight is 259 g/mol. The molecule has 1 N–H and O–H groups in total. The maximum atomic E-state index is 11.7. The Morgan fingerprint density at radius 2 is 2.18 bits per heavy atom. The first-order chi connectivity index (χ1) is 7.96. The van der Waals surface area contributed by atoms with E-state index in [9.17, 15) is 14.7 Å². The monoisotopic (exact) mass is 259 g/mol. The number of rotatable bonds is 4. The van der Waals surface area contributed by atoms with Crippen LogP contribution in [0.4, 0.5) is 0 Å². The fraction of sp³-hybridized carbons (Fsp3) is 0.833. The molecule has 0 bridgehead atoms. The third-order valence-electron chi connectivity index (χ3n) is 3.42. The molecule has 0 aromatic rings. The topological polar surface area (TPSA) is 57.6 Å². The van der Waals surface area contributed by atoms with Crippen molar-refractivity contribution in [3.63, 3.8) is 0 Å². The zero-order chi connectivity index (χ0) is 13.1. The third-order valence-corrected chi connectivity index (χ3v) is 4.84. The maximum absolute atomic E-state index is 11.7. The van der Waals surface area contributed by atoms with Crippen LogP contribution in [0.3, 0.4) is 0 Å². The summed E-state index contributed by atoms with van der Waals surface area (Å²) in [5.41, 5.74) is -1.01. The van der Waals surface area contributed by atoms with E-state index in [1.54, 1.807) is 16.7 Å². The van der Waals surface area contributed by atoms with Gasteiger partial charge in [-0.2, -0.15) is 11.8 Å². The van der Waals surface area contributed by atoms with Crippen molar-refractivity contribution in [1.82, 2.24) is 4.90 Å². The molecule has 1 aliphatic rings. The minimum absolute atomic E-state index is 0.0517. The molecular formula is C12H21NO3S. The van der Waals surface area contributed by atoms with E-state index < -0.39 is 11.5 Å². The quantitative estimate of drug-likeness (QED) is 0.838. The second kappa shape index (κ2) is 5.76. The molecule has 0 aromatic heterocycles. The number of hydrogen-bond donors (Lipinski definition) is 1. The molecule has 0 aliphatic carbocycles. The Morgan fingerprint density at radius 1 is 1.53 bits per heavy atom. The van der Waals surface area contributed by atoms with Gasteiger partial charge in [-0.3, -0.25) is 4.79 Å². The molecule has 0 saturated carbocycles. The van der Waals surface area contributed by atoms with Crippen LogP contribution in [0.2, 0.25) is 0 Å². The lowest BCUT2D eigenvalue weighted by Gasteiger charge is -2.46. The van der Waals surface area contributed by atoms with Crippen molar-refractivity contribution in [3.8, 4) is 0 Å². The fourth-order valence-electron chi connectivity index (χ4n) is 2.56. The van der Waals surface area contributed by atoms with Gasteiger partial charge in [0.25, 0.3) is 0 Å². The van der Waals surface area contributed by atoms with Gasteiger partial charge in [0.05, 0.1) is 0 Å². The van der Waals surface area contributed by atoms with Gasteiger partial charge in [0.15, 0.2) is 5.54 Å². The van der Waals surface area contributed by atoms with Crippen LogP contribution in [-0.2, 0) is 9.59 Å². The summed E-state index contributed by atoms with van der Waals surface area (Å²) in [7, 11) is 0. The molecule has 0 spiro atoms. The molecule has 1 amide bonds. The van der Waals surface area contributed by atoms with Crippen molar-refractivity contribution in [2.75, 3.05) is 12.3 Å². The molecule has 1 aliphatic heterocycles. The van der Waals surface area contributed by atoms with Gasteiger partial charge in [-0.15, -0.1) is 0 Å². The van der Waals surface area contributed by atoms with Gasteiger partial charge in [0.2, 0.25) is 5.91 Å². The van der Waals surface area contributed by atoms with E-state index in [1.807, 2.05) is 13.8 Å². The Balaban J connectivity index is 3.11. The van der Waals surface area contributed by atoms with E-state index in [4.69, 9.17) is 0 Å². The van der Waals surface area contributed by atoms with Crippen LogP contribution in [0.25, 0.3) is 0 Å². The van der Waals surface area contributed by atoms with Crippen LogP contribution >= 0.6 is 11.8 Å². The van der Waals surface area contributed by atoms with Crippen molar-refractivity contribution in [1.29, 1.82) is 0 Å². The van der Waals surface area contributed by atoms with Gasteiger partial charge in [-0.1, -0.05) is 13.8 Å². The number of carbonyl (C=O) groups excluding carboxylic acids is 1. The van der Waals surface area contributed by atoms with Crippen LogP contribution in [0.1, 0.15) is 40.0 Å². The smallest absolute Gasteiger partial charge is 0.330 e. The van der Waals surface area contributed by atoms with E-state index in [2.05, 4.69) is 0 Å². The Labute approximate surface area is 107 Å². The highest BCUT2D eigenvalue weighted by Crippen LogP contribution is 2.39. The molecule has 1 heterocycles. The minimum Gasteiger partial charge on any atom is -0.479 e. The van der Waals surface area contributed by atoms with Crippen molar-refractivity contribution < 1.29 is 14.7 Å². The molecule has 2 atom stereocenters. The van der Waals surface area contributed by atoms with Gasteiger partial charge in [-0.25, -0.2) is 4.79 Å². The highest BCUT2D eigenvalue weighted by molar-refractivity contribution is 8.00. The highest BCUT2D eigenvalue weighted by Gasteiger charge is 2.51. The summed E-state index contributed by atoms with van der Waals surface area (Å²) in [5, 5.41) is 9.55. The number of aliphatic carboxylic acids is 1. The predicted octanol–water partition coefficient (Wildman–Crippen LogP) is 1.98. The van der Waals surface area contributed by atoms with Crippen molar-refractivity contribution >= 4 is 23.6 Å². The summed E-state index contributed by atoms with van der Waals surface area (Å²) in [6.45, 7) is 5.87. The molecule has 17 heavy (non-hydrogen) atoms. The van der Waals surface area contributed by atoms with Crippen LogP contribution in [0.5, 0.6) is 0 Å². The number of hydrogen-bond acceptors (Lipinski definition) is 3. The van der Waals surface area contributed by atoms with Crippen molar-refractivity contribution in [3.05, 3.63) is 0 Å². The highest BCUT2D eigenvalue weighted by atomic mass is 32.2. The largest absolute Gasteiger partial charge is 0.479 e. The maximum Gasteiger partial charge on any atom is 0.330 e. The van der Waals surface area contributed by atoms with Gasteiger partial charge in [0, 0.05) is 18.7 Å². The summed E-state index contributed by atoms with van der Waals surface area (Å²) in [6, 6.07) is 0. The van der Waals surface area contributed by atoms with Gasteiger partial charge >= 0.3 is 5.97 Å². The van der Waals surface area contributed by atoms with Crippen LogP contribution in [-0.4, -0.2) is 45.0 Å². The molecule has 4 nitrogen and oxygen atoms in total. The number of nitrogens with zero attached hydrogens (tertiary/aromatic N) is 1. The molecule has 98 valence electrons. The van der Waals surface area contributed by atoms with E-state index in [0.29, 0.717) is 13.0 Å². The van der Waals surface area contributed by atoms with Crippen molar-refractivity contribution in [2.24, 2.45) is 0 Å². The summed E-state index contributed by atoms with van der Waals surface area (Å²) >= 11 is 1.65. The lowest BCUT2D eigenvalue weighted by Crippen LogP contribution is -2.63. The molecular weight excluding hydrogens is 238 g/mol. The van der Waals surface area contributed by atoms with Gasteiger partial charge < -0.3 is 10.0 Å². The molecule has 1 saturated heterocycles. The first-order valence-corrected chi connectivity index (χ1v) is 7.15. The SMILES string of the molecule is CCCN(C(C)=O)C1(C(=O)O)CCCSC1C. The van der Waals surface area contributed by atoms with E-state index in [-0.39, 0.29) is 11.2 Å². The average Bonchev–Trinajstić information content (AvgIpc) is 2.26. The van der Waals surface area contributed by atoms with Crippen LogP contribution in [0, 0.1) is 0 Å². The Bertz CT molecular complexity index is 308. The minimum atomic E-state index is -1.01. The van der Waals surface area contributed by atoms with Crippen LogP contribution in [0.15, 0.2) is 0 Å². The molecule has 5 heteroatoms. The number of amides is 1. The Kier molecular flexibility index (Phi) is 4.86. The summed E-state index contributed by atoms with van der Waals surface area (Å²) in [4.78, 5) is 25.0. The zero-order valence-electron chi connectivity index (χ0n) is 10.7. The summed E-state index contributed by atoms with van der Waals surface area (Å²) in [5.74, 6) is -0.0157. The molecule has 0 radical (unpaired) electrons. The van der Waals surface area contributed by atoms with Crippen molar-refractivity contribution in [2.45, 2.75) is 50.8 Å². The predicted molar refractivity (Wildman–Crippen MR) is 69.2 cm³/mol.